The number of nitrogens with one attached hydrogen (secondary N) is 1. The standard InChI is InChI=1S/C14H18F3N3O/c1-9-5-6-20(8-12(9)18)13(21)19-11-4-2-3-10(7-11)14(15,16)17/h2-4,7,9,12H,5-6,8,18H2,1H3,(H,19,21). The number of hydrogen-bond donors (Lipinski definition) is 2. The quantitative estimate of drug-likeness (QED) is 0.838. The average molecular weight is 301 g/mol. The highest BCUT2D eigenvalue weighted by Gasteiger charge is 2.31. The van der Waals surface area contributed by atoms with Gasteiger partial charge in [0.1, 0.15) is 0 Å². The lowest BCUT2D eigenvalue weighted by molar-refractivity contribution is -0.137. The third kappa shape index (κ3) is 3.87. The van der Waals surface area contributed by atoms with Crippen molar-refractivity contribution in [2.75, 3.05) is 18.4 Å². The number of anilines is 1. The topological polar surface area (TPSA) is 58.4 Å². The third-order valence-corrected chi connectivity index (χ3v) is 3.74. The summed E-state index contributed by atoms with van der Waals surface area (Å²) >= 11 is 0. The Bertz CT molecular complexity index is 518. The van der Waals surface area contributed by atoms with Gasteiger partial charge in [0.05, 0.1) is 5.56 Å². The summed E-state index contributed by atoms with van der Waals surface area (Å²) in [6.45, 7) is 2.98. The van der Waals surface area contributed by atoms with Gasteiger partial charge in [0.2, 0.25) is 0 Å². The monoisotopic (exact) mass is 301 g/mol. The Hall–Kier alpha value is -1.76. The molecule has 1 aliphatic heterocycles. The lowest BCUT2D eigenvalue weighted by Crippen LogP contribution is -2.50. The van der Waals surface area contributed by atoms with E-state index in [4.69, 9.17) is 5.73 Å². The van der Waals surface area contributed by atoms with E-state index in [1.165, 1.54) is 17.0 Å². The van der Waals surface area contributed by atoms with E-state index in [0.717, 1.165) is 18.6 Å². The number of alkyl halides is 3. The van der Waals surface area contributed by atoms with E-state index >= 15 is 0 Å². The van der Waals surface area contributed by atoms with Crippen LogP contribution in [0.2, 0.25) is 0 Å². The van der Waals surface area contributed by atoms with Crippen LogP contribution in [0.15, 0.2) is 24.3 Å². The maximum atomic E-state index is 12.6. The van der Waals surface area contributed by atoms with Crippen molar-refractivity contribution in [1.29, 1.82) is 0 Å². The van der Waals surface area contributed by atoms with Gasteiger partial charge in [-0.05, 0) is 30.5 Å². The Morgan fingerprint density at radius 2 is 2.14 bits per heavy atom. The van der Waals surface area contributed by atoms with Crippen LogP contribution in [0.4, 0.5) is 23.7 Å². The molecule has 0 radical (unpaired) electrons. The zero-order valence-corrected chi connectivity index (χ0v) is 11.7. The Labute approximate surface area is 121 Å². The first kappa shape index (κ1) is 15.6. The van der Waals surface area contributed by atoms with Gasteiger partial charge in [0.15, 0.2) is 0 Å². The largest absolute Gasteiger partial charge is 0.416 e. The normalized spacial score (nSPS) is 23.0. The SMILES string of the molecule is CC1CCN(C(=O)Nc2cccc(C(F)(F)F)c2)CC1N. The van der Waals surface area contributed by atoms with E-state index in [1.807, 2.05) is 6.92 Å². The molecule has 1 saturated heterocycles. The lowest BCUT2D eigenvalue weighted by atomic mass is 9.94. The Kier molecular flexibility index (Phi) is 4.41. The molecule has 3 N–H and O–H groups in total. The molecule has 116 valence electrons. The maximum Gasteiger partial charge on any atom is 0.416 e. The molecule has 1 heterocycles. The molecule has 21 heavy (non-hydrogen) atoms. The first-order chi connectivity index (χ1) is 9.77. The van der Waals surface area contributed by atoms with Crippen LogP contribution in [0, 0.1) is 5.92 Å². The van der Waals surface area contributed by atoms with Gasteiger partial charge in [0, 0.05) is 24.8 Å². The molecule has 4 nitrogen and oxygen atoms in total. The fourth-order valence-corrected chi connectivity index (χ4v) is 2.26. The van der Waals surface area contributed by atoms with E-state index in [0.29, 0.717) is 19.0 Å². The summed E-state index contributed by atoms with van der Waals surface area (Å²) in [5, 5.41) is 2.49. The molecule has 2 unspecified atom stereocenters. The van der Waals surface area contributed by atoms with E-state index in [9.17, 15) is 18.0 Å². The van der Waals surface area contributed by atoms with Crippen molar-refractivity contribution in [1.82, 2.24) is 4.90 Å². The Morgan fingerprint density at radius 1 is 1.43 bits per heavy atom. The van der Waals surface area contributed by atoms with Gasteiger partial charge in [-0.1, -0.05) is 13.0 Å². The van der Waals surface area contributed by atoms with Crippen molar-refractivity contribution < 1.29 is 18.0 Å². The van der Waals surface area contributed by atoms with E-state index in [2.05, 4.69) is 5.32 Å². The molecule has 2 atom stereocenters. The predicted octanol–water partition coefficient (Wildman–Crippen LogP) is 2.91. The lowest BCUT2D eigenvalue weighted by Gasteiger charge is -2.35. The molecule has 7 heteroatoms. The van der Waals surface area contributed by atoms with Gasteiger partial charge >= 0.3 is 12.2 Å². The zero-order valence-electron chi connectivity index (χ0n) is 11.7. The van der Waals surface area contributed by atoms with E-state index in [-0.39, 0.29) is 11.7 Å². The van der Waals surface area contributed by atoms with Crippen molar-refractivity contribution in [2.24, 2.45) is 11.7 Å². The number of amides is 2. The summed E-state index contributed by atoms with van der Waals surface area (Å²) < 4.78 is 37.8. The second-order valence-electron chi connectivity index (χ2n) is 5.38. The molecule has 0 aliphatic carbocycles. The number of carbonyl (C=O) groups is 1. The summed E-state index contributed by atoms with van der Waals surface area (Å²) in [6.07, 6.45) is -3.64. The second kappa shape index (κ2) is 5.93. The van der Waals surface area contributed by atoms with Gasteiger partial charge in [-0.15, -0.1) is 0 Å². The molecule has 0 bridgehead atoms. The number of nitrogens with two attached hydrogens (primary N) is 1. The maximum absolute atomic E-state index is 12.6. The highest BCUT2D eigenvalue weighted by Crippen LogP contribution is 2.30. The first-order valence-electron chi connectivity index (χ1n) is 6.76. The number of piperidine rings is 1. The fourth-order valence-electron chi connectivity index (χ4n) is 2.26. The minimum Gasteiger partial charge on any atom is -0.326 e. The molecule has 1 aromatic carbocycles. The Morgan fingerprint density at radius 3 is 2.76 bits per heavy atom. The molecule has 2 amide bonds. The second-order valence-corrected chi connectivity index (χ2v) is 5.38. The van der Waals surface area contributed by atoms with Crippen molar-refractivity contribution >= 4 is 11.7 Å². The molecule has 1 aromatic rings. The predicted molar refractivity (Wildman–Crippen MR) is 73.8 cm³/mol. The highest BCUT2D eigenvalue weighted by atomic mass is 19.4. The van der Waals surface area contributed by atoms with Crippen LogP contribution in [-0.4, -0.2) is 30.1 Å². The molecular formula is C14H18F3N3O. The van der Waals surface area contributed by atoms with Crippen LogP contribution in [0.5, 0.6) is 0 Å². The number of urea groups is 1. The summed E-state index contributed by atoms with van der Waals surface area (Å²) in [5.74, 6) is 0.336. The fraction of sp³-hybridized carbons (Fsp3) is 0.500. The number of likely N-dealkylation sites (tertiary alicyclic amines) is 1. The van der Waals surface area contributed by atoms with Crippen LogP contribution in [0.25, 0.3) is 0 Å². The number of benzene rings is 1. The van der Waals surface area contributed by atoms with E-state index in [1.54, 1.807) is 0 Å². The van der Waals surface area contributed by atoms with Crippen LogP contribution in [0.3, 0.4) is 0 Å². The number of rotatable bonds is 1. The minimum absolute atomic E-state index is 0.106. The number of hydrogen-bond acceptors (Lipinski definition) is 2. The third-order valence-electron chi connectivity index (χ3n) is 3.74. The summed E-state index contributed by atoms with van der Waals surface area (Å²) in [4.78, 5) is 13.6. The van der Waals surface area contributed by atoms with E-state index < -0.39 is 17.8 Å². The van der Waals surface area contributed by atoms with Gasteiger partial charge in [-0.2, -0.15) is 13.2 Å². The summed E-state index contributed by atoms with van der Waals surface area (Å²) in [5.41, 5.74) is 5.25. The smallest absolute Gasteiger partial charge is 0.326 e. The van der Waals surface area contributed by atoms with Crippen LogP contribution >= 0.6 is 0 Å². The molecule has 2 rings (SSSR count). The van der Waals surface area contributed by atoms with Crippen molar-refractivity contribution in [3.63, 3.8) is 0 Å². The van der Waals surface area contributed by atoms with Crippen molar-refractivity contribution in [3.05, 3.63) is 29.8 Å². The van der Waals surface area contributed by atoms with Crippen molar-refractivity contribution in [2.45, 2.75) is 25.6 Å². The van der Waals surface area contributed by atoms with Crippen LogP contribution in [-0.2, 0) is 6.18 Å². The number of nitrogens with zero attached hydrogens (tertiary/aromatic N) is 1. The van der Waals surface area contributed by atoms with Gasteiger partial charge < -0.3 is 16.0 Å². The minimum atomic E-state index is -4.43. The molecular weight excluding hydrogens is 283 g/mol. The molecule has 0 saturated carbocycles. The molecule has 1 fully saturated rings. The summed E-state index contributed by atoms with van der Waals surface area (Å²) in [6, 6.07) is 4.06. The van der Waals surface area contributed by atoms with Crippen LogP contribution < -0.4 is 11.1 Å². The number of carbonyl (C=O) groups excluding carboxylic acids is 1. The molecule has 0 spiro atoms. The highest BCUT2D eigenvalue weighted by molar-refractivity contribution is 5.89. The average Bonchev–Trinajstić information content (AvgIpc) is 2.41. The van der Waals surface area contributed by atoms with Gasteiger partial charge in [-0.25, -0.2) is 4.79 Å². The first-order valence-corrected chi connectivity index (χ1v) is 6.76. The van der Waals surface area contributed by atoms with Crippen LogP contribution in [0.1, 0.15) is 18.9 Å². The molecule has 0 aromatic heterocycles. The van der Waals surface area contributed by atoms with Crippen molar-refractivity contribution in [3.8, 4) is 0 Å². The zero-order chi connectivity index (χ0) is 15.6. The van der Waals surface area contributed by atoms with Gasteiger partial charge in [0.25, 0.3) is 0 Å². The molecule has 1 aliphatic rings. The van der Waals surface area contributed by atoms with Gasteiger partial charge in [-0.3, -0.25) is 0 Å². The Balaban J connectivity index is 2.03. The summed E-state index contributed by atoms with van der Waals surface area (Å²) in [7, 11) is 0. The number of halogens is 3.